The number of amides is 2. The monoisotopic (exact) mass is 470 g/mol. The summed E-state index contributed by atoms with van der Waals surface area (Å²) in [6.07, 6.45) is 7.20. The molecule has 0 radical (unpaired) electrons. The van der Waals surface area contributed by atoms with E-state index in [4.69, 9.17) is 0 Å². The van der Waals surface area contributed by atoms with Gasteiger partial charge in [0.25, 0.3) is 0 Å². The van der Waals surface area contributed by atoms with Crippen LogP contribution in [-0.4, -0.2) is 17.9 Å². The van der Waals surface area contributed by atoms with Gasteiger partial charge in [0.05, 0.1) is 6.04 Å². The molecule has 2 amide bonds. The molecule has 2 aromatic rings. The van der Waals surface area contributed by atoms with Crippen molar-refractivity contribution >= 4 is 11.8 Å². The number of piperidine rings is 1. The largest absolute Gasteiger partial charge is 0.353 e. The van der Waals surface area contributed by atoms with Crippen LogP contribution in [0.4, 0.5) is 0 Å². The van der Waals surface area contributed by atoms with Gasteiger partial charge in [-0.1, -0.05) is 74.5 Å². The van der Waals surface area contributed by atoms with Crippen molar-refractivity contribution < 1.29 is 9.59 Å². The lowest BCUT2D eigenvalue weighted by Gasteiger charge is -2.50. The minimum absolute atomic E-state index is 0.0387. The first-order chi connectivity index (χ1) is 16.9. The van der Waals surface area contributed by atoms with Crippen LogP contribution in [-0.2, 0) is 9.59 Å². The Hall–Kier alpha value is -2.62. The lowest BCUT2D eigenvalue weighted by Crippen LogP contribution is -2.51. The molecule has 1 saturated heterocycles. The van der Waals surface area contributed by atoms with Crippen LogP contribution in [0.1, 0.15) is 76.0 Å². The summed E-state index contributed by atoms with van der Waals surface area (Å²) in [5, 5.41) is 6.82. The number of hydrogen-bond donors (Lipinski definition) is 2. The Morgan fingerprint density at radius 2 is 1.51 bits per heavy atom. The molecule has 4 nitrogen and oxygen atoms in total. The molecule has 184 valence electrons. The van der Waals surface area contributed by atoms with E-state index in [1.54, 1.807) is 0 Å². The first kappa shape index (κ1) is 22.8. The number of fused-ring (bicyclic) bond motifs is 5. The molecule has 7 atom stereocenters. The molecule has 4 fully saturated rings. The first-order valence-electron chi connectivity index (χ1n) is 13.6. The Kier molecular flexibility index (Phi) is 5.54. The maximum atomic E-state index is 13.9. The molecule has 6 unspecified atom stereocenters. The van der Waals surface area contributed by atoms with Gasteiger partial charge in [-0.15, -0.1) is 0 Å². The molecule has 2 aromatic carbocycles. The summed E-state index contributed by atoms with van der Waals surface area (Å²) in [7, 11) is 0. The molecule has 4 aliphatic rings. The van der Waals surface area contributed by atoms with Crippen molar-refractivity contribution in [2.75, 3.05) is 0 Å². The molecule has 3 aliphatic carbocycles. The van der Waals surface area contributed by atoms with Crippen LogP contribution in [0.3, 0.4) is 0 Å². The highest BCUT2D eigenvalue weighted by Crippen LogP contribution is 2.67. The Labute approximate surface area is 209 Å². The summed E-state index contributed by atoms with van der Waals surface area (Å²) in [5.41, 5.74) is 2.52. The van der Waals surface area contributed by atoms with Gasteiger partial charge in [-0.3, -0.25) is 9.59 Å². The molecule has 1 aliphatic heterocycles. The van der Waals surface area contributed by atoms with Crippen LogP contribution in [0.25, 0.3) is 0 Å². The molecule has 3 saturated carbocycles. The fourth-order valence-corrected chi connectivity index (χ4v) is 8.79. The van der Waals surface area contributed by atoms with Gasteiger partial charge in [-0.25, -0.2) is 0 Å². The van der Waals surface area contributed by atoms with Gasteiger partial charge >= 0.3 is 0 Å². The van der Waals surface area contributed by atoms with Crippen molar-refractivity contribution in [2.24, 2.45) is 34.5 Å². The van der Waals surface area contributed by atoms with E-state index in [0.717, 1.165) is 43.2 Å². The summed E-state index contributed by atoms with van der Waals surface area (Å²) in [4.78, 5) is 26.1. The lowest BCUT2D eigenvalue weighted by atomic mass is 9.55. The summed E-state index contributed by atoms with van der Waals surface area (Å²) in [6.45, 7) is 4.82. The van der Waals surface area contributed by atoms with Gasteiger partial charge < -0.3 is 10.6 Å². The van der Waals surface area contributed by atoms with E-state index in [2.05, 4.69) is 48.7 Å². The zero-order valence-electron chi connectivity index (χ0n) is 21.0. The average Bonchev–Trinajstić information content (AvgIpc) is 3.37. The van der Waals surface area contributed by atoms with E-state index < -0.39 is 0 Å². The topological polar surface area (TPSA) is 58.2 Å². The summed E-state index contributed by atoms with van der Waals surface area (Å²) >= 11 is 0. The van der Waals surface area contributed by atoms with E-state index in [1.807, 2.05) is 36.4 Å². The second-order valence-electron chi connectivity index (χ2n) is 12.2. The number of nitrogens with one attached hydrogen (secondary N) is 2. The third kappa shape index (κ3) is 3.63. The minimum atomic E-state index is -0.132. The van der Waals surface area contributed by atoms with Crippen molar-refractivity contribution in [1.82, 2.24) is 10.6 Å². The molecule has 2 N–H and O–H groups in total. The number of carbonyl (C=O) groups is 2. The average molecular weight is 471 g/mol. The highest BCUT2D eigenvalue weighted by molar-refractivity contribution is 5.81. The molecule has 4 heteroatoms. The van der Waals surface area contributed by atoms with Crippen LogP contribution in [0.15, 0.2) is 60.7 Å². The predicted octanol–water partition coefficient (Wildman–Crippen LogP) is 5.64. The highest BCUT2D eigenvalue weighted by atomic mass is 16.2. The molecule has 0 bridgehead atoms. The van der Waals surface area contributed by atoms with Gasteiger partial charge in [-0.2, -0.15) is 0 Å². The second-order valence-corrected chi connectivity index (χ2v) is 12.2. The molecule has 1 heterocycles. The zero-order chi connectivity index (χ0) is 24.2. The Bertz CT molecular complexity index is 1060. The number of rotatable bonds is 4. The SMILES string of the molecule is CC12CCC3C(C[C@H]4NC(=O)CCC34C)C1CCC2C(=O)NC(c1ccccc1)c1ccccc1. The molecule has 35 heavy (non-hydrogen) atoms. The summed E-state index contributed by atoms with van der Waals surface area (Å²) in [6, 6.07) is 20.9. The molecular weight excluding hydrogens is 432 g/mol. The van der Waals surface area contributed by atoms with Crippen LogP contribution in [0, 0.1) is 34.5 Å². The van der Waals surface area contributed by atoms with Crippen molar-refractivity contribution in [3.63, 3.8) is 0 Å². The smallest absolute Gasteiger partial charge is 0.224 e. The summed E-state index contributed by atoms with van der Waals surface area (Å²) in [5.74, 6) is 2.36. The van der Waals surface area contributed by atoms with E-state index in [9.17, 15) is 9.59 Å². The maximum absolute atomic E-state index is 13.9. The number of hydrogen-bond acceptors (Lipinski definition) is 2. The molecule has 0 aromatic heterocycles. The molecule has 6 rings (SSSR count). The zero-order valence-corrected chi connectivity index (χ0v) is 21.0. The predicted molar refractivity (Wildman–Crippen MR) is 137 cm³/mol. The minimum Gasteiger partial charge on any atom is -0.353 e. The van der Waals surface area contributed by atoms with E-state index in [1.165, 1.54) is 6.42 Å². The fourth-order valence-electron chi connectivity index (χ4n) is 8.79. The van der Waals surface area contributed by atoms with E-state index in [-0.39, 0.29) is 34.6 Å². The second kappa shape index (κ2) is 8.50. The maximum Gasteiger partial charge on any atom is 0.224 e. The van der Waals surface area contributed by atoms with Crippen LogP contribution in [0.2, 0.25) is 0 Å². The van der Waals surface area contributed by atoms with E-state index >= 15 is 0 Å². The fraction of sp³-hybridized carbons (Fsp3) is 0.548. The van der Waals surface area contributed by atoms with Gasteiger partial charge in [0.1, 0.15) is 0 Å². The van der Waals surface area contributed by atoms with Gasteiger partial charge in [-0.05, 0) is 78.2 Å². The van der Waals surface area contributed by atoms with Gasteiger partial charge in [0, 0.05) is 18.4 Å². The third-order valence-corrected chi connectivity index (χ3v) is 10.7. The lowest BCUT2D eigenvalue weighted by molar-refractivity contribution is -0.132. The van der Waals surface area contributed by atoms with Crippen molar-refractivity contribution in [3.05, 3.63) is 71.8 Å². The first-order valence-corrected chi connectivity index (χ1v) is 13.6. The van der Waals surface area contributed by atoms with Crippen molar-refractivity contribution in [2.45, 2.75) is 70.9 Å². The molecule has 0 spiro atoms. The van der Waals surface area contributed by atoms with Gasteiger partial charge in [0.2, 0.25) is 11.8 Å². The van der Waals surface area contributed by atoms with Gasteiger partial charge in [0.15, 0.2) is 0 Å². The molecular formula is C31H38N2O2. The quantitative estimate of drug-likeness (QED) is 0.608. The Balaban J connectivity index is 1.24. The normalized spacial score (nSPS) is 37.8. The van der Waals surface area contributed by atoms with Crippen LogP contribution in [0.5, 0.6) is 0 Å². The highest BCUT2D eigenvalue weighted by Gasteiger charge is 2.63. The van der Waals surface area contributed by atoms with Crippen molar-refractivity contribution in [1.29, 1.82) is 0 Å². The summed E-state index contributed by atoms with van der Waals surface area (Å²) < 4.78 is 0. The van der Waals surface area contributed by atoms with Crippen molar-refractivity contribution in [3.8, 4) is 0 Å². The van der Waals surface area contributed by atoms with Crippen LogP contribution >= 0.6 is 0 Å². The number of benzene rings is 2. The Morgan fingerprint density at radius 1 is 0.886 bits per heavy atom. The third-order valence-electron chi connectivity index (χ3n) is 10.7. The standard InChI is InChI=1S/C31H38N2O2/c1-30-17-15-24-22(19-26-31(24,2)18-16-27(34)32-26)23(30)13-14-25(30)29(35)33-28(20-9-5-3-6-10-20)21-11-7-4-8-12-21/h3-12,22-26,28H,13-19H2,1-2H3,(H,32,34)(H,33,35)/t22?,23?,24?,25?,26-,30?,31?/m1/s1. The number of carbonyl (C=O) groups excluding carboxylic acids is 2. The Morgan fingerprint density at radius 3 is 2.17 bits per heavy atom. The van der Waals surface area contributed by atoms with Crippen LogP contribution < -0.4 is 10.6 Å². The van der Waals surface area contributed by atoms with E-state index in [0.29, 0.717) is 30.2 Å².